The molecule has 19 heavy (non-hydrogen) atoms. The van der Waals surface area contributed by atoms with Gasteiger partial charge in [-0.3, -0.25) is 10.1 Å². The minimum absolute atomic E-state index is 0.0660. The van der Waals surface area contributed by atoms with Crippen LogP contribution in [0, 0.1) is 0 Å². The number of halogens is 1. The van der Waals surface area contributed by atoms with Crippen molar-refractivity contribution in [2.75, 3.05) is 6.61 Å². The number of primary amides is 1. The molecule has 0 fully saturated rings. The summed E-state index contributed by atoms with van der Waals surface area (Å²) in [6.07, 6.45) is 0. The molecule has 0 saturated carbocycles. The van der Waals surface area contributed by atoms with E-state index in [1.165, 1.54) is 0 Å². The SMILES string of the molecule is CCOC(=O)c1nnn(CC(=O)NC(N)=O)c1CCl. The quantitative estimate of drug-likeness (QED) is 0.549. The van der Waals surface area contributed by atoms with Gasteiger partial charge in [-0.2, -0.15) is 0 Å². The second-order valence-corrected chi connectivity index (χ2v) is 3.58. The van der Waals surface area contributed by atoms with Crippen LogP contribution in [-0.4, -0.2) is 39.5 Å². The lowest BCUT2D eigenvalue weighted by Crippen LogP contribution is -2.37. The summed E-state index contributed by atoms with van der Waals surface area (Å²) in [6, 6.07) is -0.983. The van der Waals surface area contributed by atoms with Crippen LogP contribution in [-0.2, 0) is 22.0 Å². The first-order chi connectivity index (χ1) is 8.99. The molecule has 1 heterocycles. The fourth-order valence-corrected chi connectivity index (χ4v) is 1.53. The molecular formula is C9H12ClN5O4. The van der Waals surface area contributed by atoms with Crippen LogP contribution in [0.2, 0.25) is 0 Å². The van der Waals surface area contributed by atoms with Gasteiger partial charge in [-0.05, 0) is 6.92 Å². The summed E-state index contributed by atoms with van der Waals surface area (Å²) >= 11 is 5.68. The lowest BCUT2D eigenvalue weighted by molar-refractivity contribution is -0.120. The molecule has 0 aliphatic rings. The van der Waals surface area contributed by atoms with Crippen molar-refractivity contribution in [2.24, 2.45) is 5.73 Å². The number of hydrogen-bond acceptors (Lipinski definition) is 6. The maximum absolute atomic E-state index is 11.5. The van der Waals surface area contributed by atoms with Crippen molar-refractivity contribution in [3.63, 3.8) is 0 Å². The first-order valence-electron chi connectivity index (χ1n) is 5.24. The molecule has 3 amide bonds. The lowest BCUT2D eigenvalue weighted by Gasteiger charge is -2.04. The van der Waals surface area contributed by atoms with Crippen molar-refractivity contribution in [1.29, 1.82) is 0 Å². The van der Waals surface area contributed by atoms with Crippen LogP contribution < -0.4 is 11.1 Å². The van der Waals surface area contributed by atoms with Gasteiger partial charge in [0.1, 0.15) is 6.54 Å². The highest BCUT2D eigenvalue weighted by molar-refractivity contribution is 6.17. The van der Waals surface area contributed by atoms with Crippen LogP contribution in [0.25, 0.3) is 0 Å². The van der Waals surface area contributed by atoms with E-state index < -0.39 is 17.9 Å². The van der Waals surface area contributed by atoms with E-state index in [-0.39, 0.29) is 30.4 Å². The second-order valence-electron chi connectivity index (χ2n) is 3.31. The summed E-state index contributed by atoms with van der Waals surface area (Å²) in [5.74, 6) is -1.47. The molecule has 1 aromatic heterocycles. The average molecular weight is 290 g/mol. The van der Waals surface area contributed by atoms with Crippen LogP contribution in [0.1, 0.15) is 23.1 Å². The summed E-state index contributed by atoms with van der Waals surface area (Å²) in [5, 5.41) is 9.06. The smallest absolute Gasteiger partial charge is 0.360 e. The topological polar surface area (TPSA) is 129 Å². The number of carbonyl (C=O) groups excluding carboxylic acids is 3. The van der Waals surface area contributed by atoms with E-state index in [1.54, 1.807) is 6.92 Å². The molecule has 3 N–H and O–H groups in total. The molecule has 0 aliphatic carbocycles. The molecule has 0 spiro atoms. The number of rotatable bonds is 5. The first kappa shape index (κ1) is 14.9. The van der Waals surface area contributed by atoms with Crippen molar-refractivity contribution in [3.8, 4) is 0 Å². The molecule has 1 aromatic rings. The number of amides is 3. The zero-order chi connectivity index (χ0) is 14.4. The normalized spacial score (nSPS) is 10.0. The molecule has 9 nitrogen and oxygen atoms in total. The Labute approximate surface area is 113 Å². The van der Waals surface area contributed by atoms with E-state index in [4.69, 9.17) is 22.1 Å². The molecule has 0 saturated heterocycles. The number of hydrogen-bond donors (Lipinski definition) is 2. The molecule has 0 aliphatic heterocycles. The van der Waals surface area contributed by atoms with Gasteiger partial charge in [-0.1, -0.05) is 5.21 Å². The molecule has 0 aromatic carbocycles. The Bertz CT molecular complexity index is 501. The molecular weight excluding hydrogens is 278 g/mol. The Morgan fingerprint density at radius 2 is 2.16 bits per heavy atom. The molecule has 0 bridgehead atoms. The van der Waals surface area contributed by atoms with Crippen LogP contribution >= 0.6 is 11.6 Å². The minimum Gasteiger partial charge on any atom is -0.461 e. The van der Waals surface area contributed by atoms with Gasteiger partial charge >= 0.3 is 12.0 Å². The Balaban J connectivity index is 2.88. The number of nitrogens with one attached hydrogen (secondary N) is 1. The van der Waals surface area contributed by atoms with E-state index >= 15 is 0 Å². The predicted octanol–water partition coefficient (Wildman–Crippen LogP) is -0.612. The zero-order valence-corrected chi connectivity index (χ0v) is 10.8. The Hall–Kier alpha value is -2.16. The maximum atomic E-state index is 11.5. The van der Waals surface area contributed by atoms with Gasteiger partial charge in [0.05, 0.1) is 18.2 Å². The summed E-state index contributed by atoms with van der Waals surface area (Å²) in [5.41, 5.74) is 4.95. The van der Waals surface area contributed by atoms with E-state index in [9.17, 15) is 14.4 Å². The van der Waals surface area contributed by atoms with Crippen LogP contribution in [0.5, 0.6) is 0 Å². The number of ether oxygens (including phenoxy) is 1. The average Bonchev–Trinajstić information content (AvgIpc) is 2.70. The second kappa shape index (κ2) is 6.69. The largest absolute Gasteiger partial charge is 0.461 e. The Morgan fingerprint density at radius 1 is 1.47 bits per heavy atom. The van der Waals surface area contributed by atoms with Crippen LogP contribution in [0.3, 0.4) is 0 Å². The highest BCUT2D eigenvalue weighted by atomic mass is 35.5. The number of imide groups is 1. The Morgan fingerprint density at radius 3 is 2.68 bits per heavy atom. The van der Waals surface area contributed by atoms with Gasteiger partial charge < -0.3 is 10.5 Å². The van der Waals surface area contributed by atoms with E-state index in [0.29, 0.717) is 0 Å². The van der Waals surface area contributed by atoms with Crippen LogP contribution in [0.15, 0.2) is 0 Å². The van der Waals surface area contributed by atoms with Crippen molar-refractivity contribution >= 4 is 29.5 Å². The molecule has 104 valence electrons. The van der Waals surface area contributed by atoms with Gasteiger partial charge in [0.25, 0.3) is 0 Å². The van der Waals surface area contributed by atoms with Gasteiger partial charge in [-0.15, -0.1) is 16.7 Å². The highest BCUT2D eigenvalue weighted by Crippen LogP contribution is 2.10. The van der Waals surface area contributed by atoms with E-state index in [1.807, 2.05) is 5.32 Å². The number of urea groups is 1. The third-order valence-corrected chi connectivity index (χ3v) is 2.24. The third kappa shape index (κ3) is 3.91. The van der Waals surface area contributed by atoms with Crippen molar-refractivity contribution in [1.82, 2.24) is 20.3 Å². The summed E-state index contributed by atoms with van der Waals surface area (Å²) in [6.45, 7) is 1.48. The maximum Gasteiger partial charge on any atom is 0.360 e. The molecule has 0 radical (unpaired) electrons. The van der Waals surface area contributed by atoms with E-state index in [2.05, 4.69) is 10.3 Å². The number of carbonyl (C=O) groups is 3. The van der Waals surface area contributed by atoms with E-state index in [0.717, 1.165) is 4.68 Å². The highest BCUT2D eigenvalue weighted by Gasteiger charge is 2.21. The number of esters is 1. The fraction of sp³-hybridized carbons (Fsp3) is 0.444. The Kier molecular flexibility index (Phi) is 5.24. The van der Waals surface area contributed by atoms with Crippen molar-refractivity contribution < 1.29 is 19.1 Å². The summed E-state index contributed by atoms with van der Waals surface area (Å²) < 4.78 is 5.86. The number of alkyl halides is 1. The monoisotopic (exact) mass is 289 g/mol. The molecule has 10 heteroatoms. The standard InChI is InChI=1S/C9H12ClN5O4/c1-2-19-8(17)7-5(3-10)15(14-13-7)4-6(16)12-9(11)18/h2-4H2,1H3,(H3,11,12,16,18). The van der Waals surface area contributed by atoms with Crippen molar-refractivity contribution in [2.45, 2.75) is 19.3 Å². The molecule has 0 atom stereocenters. The van der Waals surface area contributed by atoms with Gasteiger partial charge in [0.2, 0.25) is 5.91 Å². The van der Waals surface area contributed by atoms with Gasteiger partial charge in [-0.25, -0.2) is 14.3 Å². The summed E-state index contributed by atoms with van der Waals surface area (Å²) in [7, 11) is 0. The van der Waals surface area contributed by atoms with Gasteiger partial charge in [0, 0.05) is 0 Å². The first-order valence-corrected chi connectivity index (χ1v) is 5.77. The minimum atomic E-state index is -0.983. The van der Waals surface area contributed by atoms with Gasteiger partial charge in [0.15, 0.2) is 5.69 Å². The van der Waals surface area contributed by atoms with Crippen molar-refractivity contribution in [3.05, 3.63) is 11.4 Å². The number of aromatic nitrogens is 3. The predicted molar refractivity (Wildman–Crippen MR) is 63.3 cm³/mol. The fourth-order valence-electron chi connectivity index (χ4n) is 1.26. The third-order valence-electron chi connectivity index (χ3n) is 1.99. The zero-order valence-electron chi connectivity index (χ0n) is 10.1. The number of nitrogens with two attached hydrogens (primary N) is 1. The molecule has 1 rings (SSSR count). The lowest BCUT2D eigenvalue weighted by atomic mass is 10.3. The molecule has 0 unspecified atom stereocenters. The summed E-state index contributed by atoms with van der Waals surface area (Å²) in [4.78, 5) is 33.4. The number of nitrogens with zero attached hydrogens (tertiary/aromatic N) is 3. The van der Waals surface area contributed by atoms with Crippen LogP contribution in [0.4, 0.5) is 4.79 Å².